The smallest absolute Gasteiger partial charge is 0.241 e. The Balaban J connectivity index is 2.30. The molecule has 1 aromatic heterocycles. The first-order valence-corrected chi connectivity index (χ1v) is 8.58. The lowest BCUT2D eigenvalue weighted by Gasteiger charge is -2.16. The zero-order chi connectivity index (χ0) is 17.0. The van der Waals surface area contributed by atoms with Gasteiger partial charge in [-0.1, -0.05) is 12.1 Å². The predicted octanol–water partition coefficient (Wildman–Crippen LogP) is 2.39. The van der Waals surface area contributed by atoms with Crippen LogP contribution in [-0.2, 0) is 14.8 Å². The molecule has 0 unspecified atom stereocenters. The van der Waals surface area contributed by atoms with Gasteiger partial charge >= 0.3 is 0 Å². The van der Waals surface area contributed by atoms with Gasteiger partial charge in [0, 0.05) is 31.0 Å². The zero-order valence-corrected chi connectivity index (χ0v) is 14.0. The molecule has 7 heteroatoms. The van der Waals surface area contributed by atoms with Gasteiger partial charge in [0.25, 0.3) is 0 Å². The number of sulfonamides is 1. The molecule has 0 aliphatic carbocycles. The highest BCUT2D eigenvalue weighted by Gasteiger charge is 2.21. The summed E-state index contributed by atoms with van der Waals surface area (Å²) in [5, 5.41) is 2.59. The number of carbonyl (C=O) groups is 1. The van der Waals surface area contributed by atoms with Crippen LogP contribution in [0, 0.1) is 6.92 Å². The van der Waals surface area contributed by atoms with Crippen molar-refractivity contribution in [2.45, 2.75) is 31.7 Å². The molecule has 0 radical (unpaired) electrons. The van der Waals surface area contributed by atoms with Crippen molar-refractivity contribution in [3.05, 3.63) is 53.9 Å². The maximum absolute atomic E-state index is 12.6. The van der Waals surface area contributed by atoms with Crippen molar-refractivity contribution in [2.75, 3.05) is 5.32 Å². The van der Waals surface area contributed by atoms with Gasteiger partial charge in [0.2, 0.25) is 15.9 Å². The molecule has 0 spiro atoms. The lowest BCUT2D eigenvalue weighted by atomic mass is 10.2. The maximum atomic E-state index is 12.6. The van der Waals surface area contributed by atoms with E-state index in [2.05, 4.69) is 15.0 Å². The number of anilines is 1. The number of hydrogen-bond acceptors (Lipinski definition) is 4. The van der Waals surface area contributed by atoms with Crippen LogP contribution in [-0.4, -0.2) is 19.3 Å². The highest BCUT2D eigenvalue weighted by atomic mass is 32.2. The van der Waals surface area contributed by atoms with Crippen LogP contribution < -0.4 is 10.0 Å². The van der Waals surface area contributed by atoms with E-state index >= 15 is 0 Å². The van der Waals surface area contributed by atoms with Crippen LogP contribution in [0.5, 0.6) is 0 Å². The minimum Gasteiger partial charge on any atom is -0.326 e. The number of rotatable bonds is 5. The highest BCUT2D eigenvalue weighted by Crippen LogP contribution is 2.22. The molecular formula is C16H19N3O3S. The highest BCUT2D eigenvalue weighted by molar-refractivity contribution is 7.89. The summed E-state index contributed by atoms with van der Waals surface area (Å²) in [6.07, 6.45) is 3.25. The Morgan fingerprint density at radius 3 is 2.61 bits per heavy atom. The number of benzene rings is 1. The molecule has 2 N–H and O–H groups in total. The molecule has 1 atom stereocenters. The fourth-order valence-corrected chi connectivity index (χ4v) is 3.67. The summed E-state index contributed by atoms with van der Waals surface area (Å²) in [5.41, 5.74) is 1.81. The summed E-state index contributed by atoms with van der Waals surface area (Å²) in [6.45, 7) is 4.83. The van der Waals surface area contributed by atoms with E-state index < -0.39 is 16.1 Å². The van der Waals surface area contributed by atoms with Crippen LogP contribution in [0.3, 0.4) is 0 Å². The third-order valence-corrected chi connectivity index (χ3v) is 5.00. The van der Waals surface area contributed by atoms with Crippen molar-refractivity contribution in [2.24, 2.45) is 0 Å². The van der Waals surface area contributed by atoms with Crippen molar-refractivity contribution in [1.29, 1.82) is 0 Å². The summed E-state index contributed by atoms with van der Waals surface area (Å²) in [7, 11) is -3.73. The minimum absolute atomic E-state index is 0.138. The number of carbonyl (C=O) groups excluding carboxylic acids is 1. The van der Waals surface area contributed by atoms with Gasteiger partial charge in [0.15, 0.2) is 0 Å². The molecule has 0 fully saturated rings. The molecule has 0 saturated carbocycles. The van der Waals surface area contributed by atoms with Crippen LogP contribution in [0.15, 0.2) is 47.6 Å². The van der Waals surface area contributed by atoms with E-state index in [1.165, 1.54) is 13.0 Å². The molecule has 1 aromatic carbocycles. The van der Waals surface area contributed by atoms with Crippen molar-refractivity contribution >= 4 is 21.6 Å². The van der Waals surface area contributed by atoms with Gasteiger partial charge in [-0.2, -0.15) is 0 Å². The Hall–Kier alpha value is -2.25. The first-order valence-electron chi connectivity index (χ1n) is 7.10. The summed E-state index contributed by atoms with van der Waals surface area (Å²) < 4.78 is 27.9. The molecule has 0 saturated heterocycles. The van der Waals surface area contributed by atoms with E-state index in [0.717, 1.165) is 5.56 Å². The molecule has 6 nitrogen and oxygen atoms in total. The summed E-state index contributed by atoms with van der Waals surface area (Å²) in [6, 6.07) is 7.92. The molecule has 0 aliphatic rings. The Morgan fingerprint density at radius 2 is 2.00 bits per heavy atom. The first kappa shape index (κ1) is 17.1. The van der Waals surface area contributed by atoms with Crippen molar-refractivity contribution in [1.82, 2.24) is 9.71 Å². The Labute approximate surface area is 136 Å². The van der Waals surface area contributed by atoms with Gasteiger partial charge in [-0.3, -0.25) is 9.78 Å². The lowest BCUT2D eigenvalue weighted by Crippen LogP contribution is -2.27. The van der Waals surface area contributed by atoms with E-state index in [4.69, 9.17) is 0 Å². The summed E-state index contributed by atoms with van der Waals surface area (Å²) >= 11 is 0. The van der Waals surface area contributed by atoms with Crippen molar-refractivity contribution < 1.29 is 13.2 Å². The number of hydrogen-bond donors (Lipinski definition) is 2. The van der Waals surface area contributed by atoms with Crippen molar-refractivity contribution in [3.63, 3.8) is 0 Å². The molecule has 0 bridgehead atoms. The van der Waals surface area contributed by atoms with Gasteiger partial charge in [-0.15, -0.1) is 0 Å². The molecule has 2 rings (SSSR count). The monoisotopic (exact) mass is 333 g/mol. The van der Waals surface area contributed by atoms with Gasteiger partial charge in [-0.25, -0.2) is 13.1 Å². The standard InChI is InChI=1S/C16H19N3O3S/c1-11-6-7-15(18-13(3)20)9-16(11)23(21,22)19-12(2)14-5-4-8-17-10-14/h4-10,12,19H,1-3H3,(H,18,20)/t12-/m0/s1. The SMILES string of the molecule is CC(=O)Nc1ccc(C)c(S(=O)(=O)N[C@@H](C)c2cccnc2)c1. The van der Waals surface area contributed by atoms with Crippen LogP contribution in [0.2, 0.25) is 0 Å². The fraction of sp³-hybridized carbons (Fsp3) is 0.250. The van der Waals surface area contributed by atoms with Gasteiger partial charge in [0.1, 0.15) is 0 Å². The van der Waals surface area contributed by atoms with E-state index in [9.17, 15) is 13.2 Å². The quantitative estimate of drug-likeness (QED) is 0.879. The second-order valence-electron chi connectivity index (χ2n) is 5.29. The van der Waals surface area contributed by atoms with Gasteiger partial charge < -0.3 is 5.32 Å². The average Bonchev–Trinajstić information content (AvgIpc) is 2.49. The second-order valence-corrected chi connectivity index (χ2v) is 6.97. The van der Waals surface area contributed by atoms with Crippen LogP contribution in [0.25, 0.3) is 0 Å². The second kappa shape index (κ2) is 6.89. The molecule has 122 valence electrons. The third kappa shape index (κ3) is 4.37. The zero-order valence-electron chi connectivity index (χ0n) is 13.2. The molecule has 1 heterocycles. The number of nitrogens with zero attached hydrogens (tertiary/aromatic N) is 1. The van der Waals surface area contributed by atoms with Crippen LogP contribution in [0.1, 0.15) is 31.0 Å². The van der Waals surface area contributed by atoms with E-state index in [-0.39, 0.29) is 10.8 Å². The van der Waals surface area contributed by atoms with E-state index in [1.807, 2.05) is 0 Å². The number of amides is 1. The third-order valence-electron chi connectivity index (χ3n) is 3.31. The largest absolute Gasteiger partial charge is 0.326 e. The van der Waals surface area contributed by atoms with Crippen LogP contribution >= 0.6 is 0 Å². The maximum Gasteiger partial charge on any atom is 0.241 e. The minimum atomic E-state index is -3.73. The molecule has 2 aromatic rings. The topological polar surface area (TPSA) is 88.2 Å². The summed E-state index contributed by atoms with van der Waals surface area (Å²) in [5.74, 6) is -0.256. The normalized spacial score (nSPS) is 12.7. The Bertz CT molecular complexity index is 805. The van der Waals surface area contributed by atoms with E-state index in [0.29, 0.717) is 11.3 Å². The first-order chi connectivity index (χ1) is 10.8. The number of nitrogens with one attached hydrogen (secondary N) is 2. The molecule has 0 aliphatic heterocycles. The van der Waals surface area contributed by atoms with Gasteiger partial charge in [-0.05, 0) is 43.2 Å². The van der Waals surface area contributed by atoms with Crippen LogP contribution in [0.4, 0.5) is 5.69 Å². The summed E-state index contributed by atoms with van der Waals surface area (Å²) in [4.78, 5) is 15.3. The molecule has 23 heavy (non-hydrogen) atoms. The molecule has 1 amide bonds. The average molecular weight is 333 g/mol. The number of pyridine rings is 1. The Kier molecular flexibility index (Phi) is 5.12. The van der Waals surface area contributed by atoms with Crippen molar-refractivity contribution in [3.8, 4) is 0 Å². The molecular weight excluding hydrogens is 314 g/mol. The Morgan fingerprint density at radius 1 is 1.26 bits per heavy atom. The number of aryl methyl sites for hydroxylation is 1. The lowest BCUT2D eigenvalue weighted by molar-refractivity contribution is -0.114. The predicted molar refractivity (Wildman–Crippen MR) is 88.5 cm³/mol. The fourth-order valence-electron chi connectivity index (χ4n) is 2.17. The van der Waals surface area contributed by atoms with E-state index in [1.54, 1.807) is 50.5 Å². The number of aromatic nitrogens is 1. The van der Waals surface area contributed by atoms with Gasteiger partial charge in [0.05, 0.1) is 4.90 Å².